The number of rotatable bonds is 5. The Bertz CT molecular complexity index is 955. The van der Waals surface area contributed by atoms with Crippen molar-refractivity contribution in [2.45, 2.75) is 6.92 Å². The molecule has 1 N–H and O–H groups in total. The maximum atomic E-state index is 13.7. The third kappa shape index (κ3) is 4.94. The Kier molecular flexibility index (Phi) is 6.66. The summed E-state index contributed by atoms with van der Waals surface area (Å²) in [4.78, 5) is 39.6. The lowest BCUT2D eigenvalue weighted by molar-refractivity contribution is -0.137. The number of hydrogen-bond donors (Lipinski definition) is 1. The van der Waals surface area contributed by atoms with Crippen LogP contribution in [0.15, 0.2) is 42.5 Å². The number of nitrogens with one attached hydrogen (secondary N) is 1. The Labute approximate surface area is 174 Å². The Morgan fingerprint density at radius 3 is 2.40 bits per heavy atom. The molecule has 3 rings (SSSR count). The molecular weight excluding hydrogens is 389 g/mol. The van der Waals surface area contributed by atoms with Gasteiger partial charge in [0.1, 0.15) is 11.6 Å². The fraction of sp³-hybridized carbons (Fsp3) is 0.318. The summed E-state index contributed by atoms with van der Waals surface area (Å²) in [5.41, 5.74) is 1.52. The molecule has 0 bridgehead atoms. The number of hydrogen-bond acceptors (Lipinski definition) is 4. The van der Waals surface area contributed by atoms with E-state index >= 15 is 0 Å². The average Bonchev–Trinajstić information content (AvgIpc) is 2.77. The van der Waals surface area contributed by atoms with E-state index in [1.807, 2.05) is 0 Å². The largest absolute Gasteiger partial charge is 0.496 e. The first-order chi connectivity index (χ1) is 14.4. The highest BCUT2D eigenvalue weighted by Crippen LogP contribution is 2.31. The minimum absolute atomic E-state index is 0.00906. The summed E-state index contributed by atoms with van der Waals surface area (Å²) in [7, 11) is 1.50. The Morgan fingerprint density at radius 1 is 1.03 bits per heavy atom. The van der Waals surface area contributed by atoms with Gasteiger partial charge in [-0.2, -0.15) is 0 Å². The molecule has 0 spiro atoms. The van der Waals surface area contributed by atoms with Crippen molar-refractivity contribution in [1.29, 1.82) is 0 Å². The first-order valence-corrected chi connectivity index (χ1v) is 9.64. The van der Waals surface area contributed by atoms with E-state index in [0.29, 0.717) is 48.6 Å². The van der Waals surface area contributed by atoms with E-state index in [2.05, 4.69) is 5.32 Å². The normalized spacial score (nSPS) is 13.7. The van der Waals surface area contributed by atoms with Crippen molar-refractivity contribution in [2.24, 2.45) is 0 Å². The van der Waals surface area contributed by atoms with E-state index in [9.17, 15) is 18.8 Å². The molecule has 0 atom stereocenters. The Balaban J connectivity index is 1.63. The van der Waals surface area contributed by atoms with Crippen LogP contribution in [-0.2, 0) is 9.59 Å². The fourth-order valence-electron chi connectivity index (χ4n) is 3.37. The van der Waals surface area contributed by atoms with Crippen LogP contribution in [0, 0.1) is 5.82 Å². The maximum Gasteiger partial charge on any atom is 0.251 e. The van der Waals surface area contributed by atoms with Gasteiger partial charge in [-0.25, -0.2) is 4.39 Å². The van der Waals surface area contributed by atoms with Gasteiger partial charge in [0.25, 0.3) is 5.91 Å². The minimum atomic E-state index is -0.406. The molecule has 0 aliphatic carbocycles. The predicted molar refractivity (Wildman–Crippen MR) is 110 cm³/mol. The third-order valence-corrected chi connectivity index (χ3v) is 5.08. The van der Waals surface area contributed by atoms with Crippen LogP contribution in [-0.4, -0.2) is 67.4 Å². The molecule has 0 aromatic heterocycles. The number of piperazine rings is 1. The lowest BCUT2D eigenvalue weighted by atomic mass is 10.0. The molecule has 158 valence electrons. The molecule has 0 radical (unpaired) electrons. The number of methoxy groups -OCH3 is 1. The summed E-state index contributed by atoms with van der Waals surface area (Å²) >= 11 is 0. The molecule has 1 fully saturated rings. The summed E-state index contributed by atoms with van der Waals surface area (Å²) in [5, 5.41) is 2.63. The summed E-state index contributed by atoms with van der Waals surface area (Å²) < 4.78 is 19.0. The van der Waals surface area contributed by atoms with Crippen molar-refractivity contribution >= 4 is 17.7 Å². The van der Waals surface area contributed by atoms with E-state index in [1.54, 1.807) is 34.1 Å². The highest BCUT2D eigenvalue weighted by atomic mass is 19.1. The van der Waals surface area contributed by atoms with Crippen LogP contribution in [0.25, 0.3) is 11.1 Å². The monoisotopic (exact) mass is 413 g/mol. The van der Waals surface area contributed by atoms with Crippen molar-refractivity contribution in [3.8, 4) is 16.9 Å². The molecule has 1 heterocycles. The van der Waals surface area contributed by atoms with Gasteiger partial charge in [-0.1, -0.05) is 12.1 Å². The molecule has 1 saturated heterocycles. The van der Waals surface area contributed by atoms with Gasteiger partial charge in [0.2, 0.25) is 11.8 Å². The van der Waals surface area contributed by atoms with E-state index in [-0.39, 0.29) is 18.4 Å². The fourth-order valence-corrected chi connectivity index (χ4v) is 3.37. The summed E-state index contributed by atoms with van der Waals surface area (Å²) in [5.74, 6) is -0.521. The van der Waals surface area contributed by atoms with Crippen molar-refractivity contribution in [2.75, 3.05) is 39.8 Å². The number of halogens is 1. The van der Waals surface area contributed by atoms with Gasteiger partial charge in [0, 0.05) is 44.2 Å². The van der Waals surface area contributed by atoms with E-state index < -0.39 is 11.7 Å². The maximum absolute atomic E-state index is 13.7. The van der Waals surface area contributed by atoms with Crippen LogP contribution in [0.3, 0.4) is 0 Å². The number of nitrogens with zero attached hydrogens (tertiary/aromatic N) is 2. The van der Waals surface area contributed by atoms with Gasteiger partial charge in [-0.05, 0) is 35.9 Å². The molecular formula is C22H24FN3O4. The molecule has 0 unspecified atom stereocenters. The predicted octanol–water partition coefficient (Wildman–Crippen LogP) is 1.92. The lowest BCUT2D eigenvalue weighted by Crippen LogP contribution is -2.52. The van der Waals surface area contributed by atoms with Crippen LogP contribution in [0.1, 0.15) is 17.3 Å². The van der Waals surface area contributed by atoms with Crippen molar-refractivity contribution in [3.05, 3.63) is 53.8 Å². The molecule has 2 aromatic rings. The van der Waals surface area contributed by atoms with Crippen molar-refractivity contribution in [3.63, 3.8) is 0 Å². The van der Waals surface area contributed by atoms with Gasteiger partial charge >= 0.3 is 0 Å². The molecule has 3 amide bonds. The van der Waals surface area contributed by atoms with Crippen LogP contribution >= 0.6 is 0 Å². The molecule has 0 saturated carbocycles. The molecule has 7 nitrogen and oxygen atoms in total. The summed E-state index contributed by atoms with van der Waals surface area (Å²) in [6.45, 7) is 3.25. The Hall–Kier alpha value is -3.42. The van der Waals surface area contributed by atoms with Gasteiger partial charge in [-0.15, -0.1) is 0 Å². The van der Waals surface area contributed by atoms with Crippen molar-refractivity contribution < 1.29 is 23.5 Å². The second-order valence-electron chi connectivity index (χ2n) is 6.99. The molecule has 1 aliphatic rings. The third-order valence-electron chi connectivity index (χ3n) is 5.08. The average molecular weight is 413 g/mol. The highest BCUT2D eigenvalue weighted by molar-refractivity contribution is 5.97. The molecule has 2 aromatic carbocycles. The van der Waals surface area contributed by atoms with Gasteiger partial charge in [-0.3, -0.25) is 14.4 Å². The van der Waals surface area contributed by atoms with Gasteiger partial charge in [0.05, 0.1) is 13.7 Å². The molecule has 30 heavy (non-hydrogen) atoms. The molecule has 1 aliphatic heterocycles. The Morgan fingerprint density at radius 2 is 1.73 bits per heavy atom. The number of ether oxygens (including phenoxy) is 1. The van der Waals surface area contributed by atoms with E-state index in [0.717, 1.165) is 0 Å². The number of amides is 3. The van der Waals surface area contributed by atoms with Crippen LogP contribution in [0.2, 0.25) is 0 Å². The van der Waals surface area contributed by atoms with E-state index in [1.165, 1.54) is 32.2 Å². The number of benzene rings is 2. The SMILES string of the molecule is COc1ccc(F)cc1-c1cccc(C(=O)NCC(=O)N2CCN(C(C)=O)CC2)c1. The van der Waals surface area contributed by atoms with Crippen LogP contribution < -0.4 is 10.1 Å². The zero-order valence-corrected chi connectivity index (χ0v) is 17.0. The van der Waals surface area contributed by atoms with Crippen LogP contribution in [0.4, 0.5) is 4.39 Å². The first-order valence-electron chi connectivity index (χ1n) is 9.64. The molecule has 8 heteroatoms. The zero-order valence-electron chi connectivity index (χ0n) is 17.0. The second kappa shape index (κ2) is 9.39. The summed E-state index contributed by atoms with van der Waals surface area (Å²) in [6, 6.07) is 10.9. The van der Waals surface area contributed by atoms with Gasteiger partial charge in [0.15, 0.2) is 0 Å². The minimum Gasteiger partial charge on any atom is -0.496 e. The highest BCUT2D eigenvalue weighted by Gasteiger charge is 2.22. The van der Waals surface area contributed by atoms with Crippen LogP contribution in [0.5, 0.6) is 5.75 Å². The van der Waals surface area contributed by atoms with E-state index in [4.69, 9.17) is 4.74 Å². The first kappa shape index (κ1) is 21.3. The quantitative estimate of drug-likeness (QED) is 0.812. The lowest BCUT2D eigenvalue weighted by Gasteiger charge is -2.34. The summed E-state index contributed by atoms with van der Waals surface area (Å²) in [6.07, 6.45) is 0. The standard InChI is InChI=1S/C22H24FN3O4/c1-15(27)25-8-10-26(11-9-25)21(28)14-24-22(29)17-5-3-4-16(12-17)19-13-18(23)6-7-20(19)30-2/h3-7,12-13H,8-11,14H2,1-2H3,(H,24,29). The smallest absolute Gasteiger partial charge is 0.251 e. The number of carbonyl (C=O) groups is 3. The number of carbonyl (C=O) groups excluding carboxylic acids is 3. The second-order valence-corrected chi connectivity index (χ2v) is 6.99. The zero-order chi connectivity index (χ0) is 21.7. The van der Waals surface area contributed by atoms with Gasteiger partial charge < -0.3 is 19.9 Å². The topological polar surface area (TPSA) is 79.0 Å². The van der Waals surface area contributed by atoms with Crippen molar-refractivity contribution in [1.82, 2.24) is 15.1 Å².